The zero-order valence-corrected chi connectivity index (χ0v) is 16.5. The molecular weight excluding hydrogens is 432 g/mol. The maximum atomic E-state index is 12.8. The van der Waals surface area contributed by atoms with Gasteiger partial charge in [0.1, 0.15) is 0 Å². The number of nitrogens with zero attached hydrogens (tertiary/aromatic N) is 1. The van der Waals surface area contributed by atoms with Gasteiger partial charge in [-0.2, -0.15) is 0 Å². The van der Waals surface area contributed by atoms with Gasteiger partial charge in [-0.1, -0.05) is 39.8 Å². The van der Waals surface area contributed by atoms with E-state index in [0.29, 0.717) is 12.1 Å². The number of esters is 1. The summed E-state index contributed by atoms with van der Waals surface area (Å²) < 4.78 is 6.19. The van der Waals surface area contributed by atoms with Crippen molar-refractivity contribution >= 4 is 56.9 Å². The average Bonchev–Trinajstić information content (AvgIpc) is 3.17. The fourth-order valence-corrected chi connectivity index (χ4v) is 4.92. The number of para-hydroxylation sites is 1. The molecule has 27 heavy (non-hydrogen) atoms. The van der Waals surface area contributed by atoms with Crippen molar-refractivity contribution in [2.24, 2.45) is 0 Å². The summed E-state index contributed by atoms with van der Waals surface area (Å²) in [5.74, 6) is -1.11. The van der Waals surface area contributed by atoms with Crippen LogP contribution in [0.15, 0.2) is 57.9 Å². The second kappa shape index (κ2) is 7.01. The first-order valence-electron chi connectivity index (χ1n) is 8.33. The first kappa shape index (κ1) is 18.1. The molecule has 2 heterocycles. The Morgan fingerprint density at radius 2 is 1.93 bits per heavy atom. The van der Waals surface area contributed by atoms with E-state index in [1.54, 1.807) is 24.3 Å². The SMILES string of the molecule is O=C(COC(=O)[C@]12CCC(=O)N1c1ccccc1S2)Nc1ccc(Br)cc1. The third-order valence-corrected chi connectivity index (χ3v) is 6.44. The van der Waals surface area contributed by atoms with E-state index in [-0.39, 0.29) is 12.3 Å². The van der Waals surface area contributed by atoms with E-state index in [2.05, 4.69) is 21.2 Å². The molecule has 2 aliphatic heterocycles. The topological polar surface area (TPSA) is 75.7 Å². The van der Waals surface area contributed by atoms with Crippen molar-refractivity contribution in [3.8, 4) is 0 Å². The highest BCUT2D eigenvalue weighted by Gasteiger charge is 2.58. The molecule has 4 rings (SSSR count). The molecule has 6 nitrogen and oxygen atoms in total. The number of thioether (sulfide) groups is 1. The van der Waals surface area contributed by atoms with E-state index in [0.717, 1.165) is 15.1 Å². The van der Waals surface area contributed by atoms with E-state index in [1.165, 1.54) is 16.7 Å². The highest BCUT2D eigenvalue weighted by atomic mass is 79.9. The van der Waals surface area contributed by atoms with E-state index < -0.39 is 23.4 Å². The number of hydrogen-bond acceptors (Lipinski definition) is 5. The number of rotatable bonds is 4. The summed E-state index contributed by atoms with van der Waals surface area (Å²) in [5.41, 5.74) is 1.33. The zero-order chi connectivity index (χ0) is 19.0. The van der Waals surface area contributed by atoms with Gasteiger partial charge >= 0.3 is 5.97 Å². The number of halogens is 1. The number of carbonyl (C=O) groups is 3. The molecular formula is C19H15BrN2O4S. The molecule has 1 fully saturated rings. The van der Waals surface area contributed by atoms with Gasteiger partial charge in [0.2, 0.25) is 5.91 Å². The third kappa shape index (κ3) is 3.23. The molecule has 2 aliphatic rings. The normalized spacial score (nSPS) is 20.2. The van der Waals surface area contributed by atoms with E-state index in [4.69, 9.17) is 4.74 Å². The van der Waals surface area contributed by atoms with Crippen LogP contribution in [0.1, 0.15) is 12.8 Å². The molecule has 0 radical (unpaired) electrons. The van der Waals surface area contributed by atoms with Crippen LogP contribution in [0.5, 0.6) is 0 Å². The summed E-state index contributed by atoms with van der Waals surface area (Å²) >= 11 is 4.64. The molecule has 1 saturated heterocycles. The van der Waals surface area contributed by atoms with Crippen LogP contribution < -0.4 is 10.2 Å². The number of amides is 2. The maximum Gasteiger partial charge on any atom is 0.344 e. The Labute approximate surface area is 168 Å². The Morgan fingerprint density at radius 3 is 2.70 bits per heavy atom. The third-order valence-electron chi connectivity index (χ3n) is 4.45. The Balaban J connectivity index is 1.44. The second-order valence-electron chi connectivity index (χ2n) is 6.21. The van der Waals surface area contributed by atoms with E-state index >= 15 is 0 Å². The molecule has 0 saturated carbocycles. The van der Waals surface area contributed by atoms with Crippen LogP contribution in [-0.2, 0) is 19.1 Å². The fraction of sp³-hybridized carbons (Fsp3) is 0.211. The maximum absolute atomic E-state index is 12.8. The van der Waals surface area contributed by atoms with Gasteiger partial charge in [-0.05, 0) is 36.4 Å². The number of anilines is 2. The minimum atomic E-state index is -1.11. The monoisotopic (exact) mass is 446 g/mol. The summed E-state index contributed by atoms with van der Waals surface area (Å²) in [7, 11) is 0. The van der Waals surface area contributed by atoms with Gasteiger partial charge in [-0.3, -0.25) is 14.5 Å². The van der Waals surface area contributed by atoms with Crippen molar-refractivity contribution < 1.29 is 19.1 Å². The molecule has 2 amide bonds. The Morgan fingerprint density at radius 1 is 1.19 bits per heavy atom. The quantitative estimate of drug-likeness (QED) is 0.726. The molecule has 1 atom stereocenters. The first-order valence-corrected chi connectivity index (χ1v) is 9.94. The van der Waals surface area contributed by atoms with Crippen molar-refractivity contribution in [3.05, 3.63) is 53.0 Å². The van der Waals surface area contributed by atoms with Gasteiger partial charge in [0.05, 0.1) is 5.69 Å². The summed E-state index contributed by atoms with van der Waals surface area (Å²) in [6, 6.07) is 14.5. The Hall–Kier alpha value is -2.32. The van der Waals surface area contributed by atoms with Gasteiger partial charge in [0, 0.05) is 27.9 Å². The second-order valence-corrected chi connectivity index (χ2v) is 8.45. The van der Waals surface area contributed by atoms with Crippen molar-refractivity contribution in [1.82, 2.24) is 0 Å². The molecule has 8 heteroatoms. The highest BCUT2D eigenvalue weighted by molar-refractivity contribution is 9.10. The number of ether oxygens (including phenoxy) is 1. The largest absolute Gasteiger partial charge is 0.453 e. The van der Waals surface area contributed by atoms with Gasteiger partial charge < -0.3 is 10.1 Å². The lowest BCUT2D eigenvalue weighted by Crippen LogP contribution is -2.48. The Bertz CT molecular complexity index is 934. The predicted octanol–water partition coefficient (Wildman–Crippen LogP) is 3.56. The van der Waals surface area contributed by atoms with Crippen LogP contribution in [0.4, 0.5) is 11.4 Å². The molecule has 0 aliphatic carbocycles. The van der Waals surface area contributed by atoms with Crippen molar-refractivity contribution in [1.29, 1.82) is 0 Å². The summed E-state index contributed by atoms with van der Waals surface area (Å²) in [6.45, 7) is -0.407. The van der Waals surface area contributed by atoms with E-state index in [9.17, 15) is 14.4 Å². The van der Waals surface area contributed by atoms with Crippen molar-refractivity contribution in [3.63, 3.8) is 0 Å². The molecule has 0 spiro atoms. The van der Waals surface area contributed by atoms with Crippen LogP contribution in [0, 0.1) is 0 Å². The highest BCUT2D eigenvalue weighted by Crippen LogP contribution is 2.56. The van der Waals surface area contributed by atoms with Gasteiger partial charge in [0.15, 0.2) is 11.5 Å². The first-order chi connectivity index (χ1) is 13.0. The van der Waals surface area contributed by atoms with Crippen LogP contribution in [0.3, 0.4) is 0 Å². The molecule has 2 aromatic carbocycles. The van der Waals surface area contributed by atoms with E-state index in [1.807, 2.05) is 24.3 Å². The molecule has 0 unspecified atom stereocenters. The van der Waals surface area contributed by atoms with Crippen LogP contribution in [0.25, 0.3) is 0 Å². The molecule has 0 aromatic heterocycles. The lowest BCUT2D eigenvalue weighted by molar-refractivity contribution is -0.149. The zero-order valence-electron chi connectivity index (χ0n) is 14.1. The lowest BCUT2D eigenvalue weighted by Gasteiger charge is -2.28. The standard InChI is InChI=1S/C19H15BrN2O4S/c20-12-5-7-13(8-6-12)21-16(23)11-26-18(25)19-10-9-17(24)22(19)14-3-1-2-4-15(14)27-19/h1-8H,9-11H2,(H,21,23)/t19-/m1/s1. The van der Waals surface area contributed by atoms with Crippen molar-refractivity contribution in [2.75, 3.05) is 16.8 Å². The van der Waals surface area contributed by atoms with Crippen LogP contribution in [0.2, 0.25) is 0 Å². The number of benzene rings is 2. The van der Waals surface area contributed by atoms with Gasteiger partial charge in [-0.25, -0.2) is 4.79 Å². The minimum Gasteiger partial charge on any atom is -0.453 e. The molecule has 0 bridgehead atoms. The van der Waals surface area contributed by atoms with Crippen molar-refractivity contribution in [2.45, 2.75) is 22.6 Å². The molecule has 138 valence electrons. The lowest BCUT2D eigenvalue weighted by atomic mass is 10.2. The number of carbonyl (C=O) groups excluding carboxylic acids is 3. The number of fused-ring (bicyclic) bond motifs is 3. The van der Waals surface area contributed by atoms with Crippen LogP contribution in [-0.4, -0.2) is 29.3 Å². The molecule has 2 aromatic rings. The molecule has 1 N–H and O–H groups in total. The minimum absolute atomic E-state index is 0.108. The van der Waals surface area contributed by atoms with Gasteiger partial charge in [0.25, 0.3) is 5.91 Å². The average molecular weight is 447 g/mol. The number of nitrogens with one attached hydrogen (secondary N) is 1. The summed E-state index contributed by atoms with van der Waals surface area (Å²) in [4.78, 5) is 38.6. The smallest absolute Gasteiger partial charge is 0.344 e. The summed E-state index contributed by atoms with van der Waals surface area (Å²) in [6.07, 6.45) is 0.639. The predicted molar refractivity (Wildman–Crippen MR) is 105 cm³/mol. The van der Waals surface area contributed by atoms with Gasteiger partial charge in [-0.15, -0.1) is 0 Å². The fourth-order valence-electron chi connectivity index (χ4n) is 3.25. The van der Waals surface area contributed by atoms with Crippen LogP contribution >= 0.6 is 27.7 Å². The summed E-state index contributed by atoms with van der Waals surface area (Å²) in [5, 5.41) is 2.67. The Kier molecular flexibility index (Phi) is 4.69. The number of hydrogen-bond donors (Lipinski definition) is 1.